The molecule has 0 unspecified atom stereocenters. The number of hydrogen-bond acceptors (Lipinski definition) is 3. The van der Waals surface area contributed by atoms with Crippen LogP contribution in [0.2, 0.25) is 0 Å². The summed E-state index contributed by atoms with van der Waals surface area (Å²) >= 11 is 0. The van der Waals surface area contributed by atoms with Gasteiger partial charge in [0.25, 0.3) is 0 Å². The van der Waals surface area contributed by atoms with Gasteiger partial charge in [-0.05, 0) is 36.3 Å². The molecule has 1 aliphatic carbocycles. The number of nitrogens with zero attached hydrogens (tertiary/aromatic N) is 3. The van der Waals surface area contributed by atoms with Crippen molar-refractivity contribution in [3.8, 4) is 0 Å². The third-order valence-electron chi connectivity index (χ3n) is 5.55. The number of likely N-dealkylation sites (tertiary alicyclic amines) is 1. The Balaban J connectivity index is 1.50. The van der Waals surface area contributed by atoms with Crippen molar-refractivity contribution in [1.29, 1.82) is 0 Å². The second-order valence-electron chi connectivity index (χ2n) is 7.39. The molecule has 1 aromatic carbocycles. The van der Waals surface area contributed by atoms with E-state index in [4.69, 9.17) is 0 Å². The molecule has 1 N–H and O–H groups in total. The van der Waals surface area contributed by atoms with Gasteiger partial charge in [0.15, 0.2) is 0 Å². The molecule has 1 amide bonds. The number of piperidine rings is 1. The topological polar surface area (TPSA) is 50.2 Å². The normalized spacial score (nSPS) is 23.9. The minimum absolute atomic E-state index is 0.0205. The zero-order valence-electron chi connectivity index (χ0n) is 15.0. The highest BCUT2D eigenvalue weighted by Gasteiger charge is 2.36. The van der Waals surface area contributed by atoms with Crippen molar-refractivity contribution < 1.29 is 4.79 Å². The van der Waals surface area contributed by atoms with Crippen LogP contribution in [0.25, 0.3) is 0 Å². The lowest BCUT2D eigenvalue weighted by Gasteiger charge is -2.39. The summed E-state index contributed by atoms with van der Waals surface area (Å²) in [5, 5.41) is 3.69. The van der Waals surface area contributed by atoms with Crippen LogP contribution in [0.1, 0.15) is 54.6 Å². The van der Waals surface area contributed by atoms with Crippen molar-refractivity contribution in [2.75, 3.05) is 7.05 Å². The highest BCUT2D eigenvalue weighted by atomic mass is 16.2. The zero-order chi connectivity index (χ0) is 17.4. The summed E-state index contributed by atoms with van der Waals surface area (Å²) in [5.74, 6) is 1.92. The monoisotopic (exact) mass is 338 g/mol. The lowest BCUT2D eigenvalue weighted by Crippen LogP contribution is -2.49. The number of imidazole rings is 1. The standard InChI is InChI=1S/C20H26N4O/c1-23-11-10-21-20(23)19-17(8-9-18(25)24(19)2)22-13-14-4-3-5-16(12-14)15-6-7-15/h3-5,10-12,15,17,19,22H,6-9,13H2,1-2H3/t17-,19-/m1/s1. The molecule has 2 aliphatic rings. The lowest BCUT2D eigenvalue weighted by atomic mass is 9.95. The minimum atomic E-state index is -0.0205. The molecule has 0 radical (unpaired) electrons. The van der Waals surface area contributed by atoms with Gasteiger partial charge < -0.3 is 14.8 Å². The van der Waals surface area contributed by atoms with Crippen molar-refractivity contribution in [3.05, 3.63) is 53.6 Å². The van der Waals surface area contributed by atoms with Crippen molar-refractivity contribution in [2.45, 2.75) is 50.2 Å². The Kier molecular flexibility index (Phi) is 4.34. The fraction of sp³-hybridized carbons (Fsp3) is 0.500. The van der Waals surface area contributed by atoms with E-state index in [2.05, 4.69) is 34.6 Å². The molecule has 1 saturated carbocycles. The number of aryl methyl sites for hydroxylation is 1. The summed E-state index contributed by atoms with van der Waals surface area (Å²) < 4.78 is 2.02. The van der Waals surface area contributed by atoms with Crippen LogP contribution >= 0.6 is 0 Å². The van der Waals surface area contributed by atoms with E-state index < -0.39 is 0 Å². The molecule has 2 aromatic rings. The van der Waals surface area contributed by atoms with Gasteiger partial charge in [-0.1, -0.05) is 24.3 Å². The predicted octanol–water partition coefficient (Wildman–Crippen LogP) is 2.75. The average molecular weight is 338 g/mol. The van der Waals surface area contributed by atoms with Crippen LogP contribution in [0.15, 0.2) is 36.7 Å². The van der Waals surface area contributed by atoms with Gasteiger partial charge in [-0.15, -0.1) is 0 Å². The van der Waals surface area contributed by atoms with E-state index in [9.17, 15) is 4.79 Å². The first-order valence-electron chi connectivity index (χ1n) is 9.18. The predicted molar refractivity (Wildman–Crippen MR) is 97.0 cm³/mol. The molecule has 5 nitrogen and oxygen atoms in total. The highest BCUT2D eigenvalue weighted by molar-refractivity contribution is 5.77. The number of carbonyl (C=O) groups excluding carboxylic acids is 1. The summed E-state index contributed by atoms with van der Waals surface area (Å²) in [6.07, 6.45) is 7.85. The summed E-state index contributed by atoms with van der Waals surface area (Å²) in [6, 6.07) is 9.12. The van der Waals surface area contributed by atoms with Crippen LogP contribution in [-0.4, -0.2) is 33.4 Å². The summed E-state index contributed by atoms with van der Waals surface area (Å²) in [4.78, 5) is 18.6. The maximum absolute atomic E-state index is 12.2. The van der Waals surface area contributed by atoms with E-state index in [1.54, 1.807) is 6.20 Å². The number of carbonyl (C=O) groups is 1. The van der Waals surface area contributed by atoms with Gasteiger partial charge >= 0.3 is 0 Å². The molecule has 4 rings (SSSR count). The first-order valence-corrected chi connectivity index (χ1v) is 9.18. The number of amides is 1. The van der Waals surface area contributed by atoms with E-state index in [-0.39, 0.29) is 18.0 Å². The number of rotatable bonds is 5. The molecule has 2 atom stereocenters. The number of nitrogens with one attached hydrogen (secondary N) is 1. The van der Waals surface area contributed by atoms with E-state index >= 15 is 0 Å². The van der Waals surface area contributed by atoms with Crippen LogP contribution in [0.3, 0.4) is 0 Å². The SMILES string of the molecule is CN1C(=O)CC[C@@H](NCc2cccc(C3CC3)c2)[C@@H]1c1nccn1C. The molecule has 132 valence electrons. The Morgan fingerprint density at radius 2 is 2.08 bits per heavy atom. The Bertz CT molecular complexity index is 765. The number of benzene rings is 1. The van der Waals surface area contributed by atoms with Gasteiger partial charge in [-0.2, -0.15) is 0 Å². The highest BCUT2D eigenvalue weighted by Crippen LogP contribution is 2.40. The molecule has 1 aromatic heterocycles. The Morgan fingerprint density at radius 3 is 2.80 bits per heavy atom. The average Bonchev–Trinajstić information content (AvgIpc) is 3.39. The van der Waals surface area contributed by atoms with Crippen LogP contribution in [0, 0.1) is 0 Å². The van der Waals surface area contributed by atoms with E-state index in [0.717, 1.165) is 24.7 Å². The minimum Gasteiger partial charge on any atom is -0.336 e. The van der Waals surface area contributed by atoms with Crippen molar-refractivity contribution in [2.24, 2.45) is 7.05 Å². The maximum Gasteiger partial charge on any atom is 0.223 e. The molecular weight excluding hydrogens is 312 g/mol. The number of likely N-dealkylation sites (N-methyl/N-ethyl adjacent to an activating group) is 1. The second-order valence-corrected chi connectivity index (χ2v) is 7.39. The van der Waals surface area contributed by atoms with Crippen LogP contribution in [-0.2, 0) is 18.4 Å². The second kappa shape index (κ2) is 6.64. The number of aromatic nitrogens is 2. The summed E-state index contributed by atoms with van der Waals surface area (Å²) in [5.41, 5.74) is 2.79. The quantitative estimate of drug-likeness (QED) is 0.912. The fourth-order valence-electron chi connectivity index (χ4n) is 3.89. The molecule has 1 aliphatic heterocycles. The zero-order valence-corrected chi connectivity index (χ0v) is 15.0. The van der Waals surface area contributed by atoms with Crippen LogP contribution in [0.4, 0.5) is 0 Å². The maximum atomic E-state index is 12.2. The third kappa shape index (κ3) is 3.33. The van der Waals surface area contributed by atoms with E-state index in [1.807, 2.05) is 29.8 Å². The largest absolute Gasteiger partial charge is 0.336 e. The van der Waals surface area contributed by atoms with Gasteiger partial charge in [0.2, 0.25) is 5.91 Å². The Morgan fingerprint density at radius 1 is 1.24 bits per heavy atom. The fourth-order valence-corrected chi connectivity index (χ4v) is 3.89. The van der Waals surface area contributed by atoms with E-state index in [1.165, 1.54) is 24.0 Å². The molecule has 5 heteroatoms. The first kappa shape index (κ1) is 16.3. The van der Waals surface area contributed by atoms with Crippen molar-refractivity contribution in [3.63, 3.8) is 0 Å². The Hall–Kier alpha value is -2.14. The molecule has 1 saturated heterocycles. The smallest absolute Gasteiger partial charge is 0.223 e. The molecule has 0 spiro atoms. The van der Waals surface area contributed by atoms with Gasteiger partial charge in [-0.3, -0.25) is 4.79 Å². The van der Waals surface area contributed by atoms with Gasteiger partial charge in [-0.25, -0.2) is 4.98 Å². The van der Waals surface area contributed by atoms with E-state index in [0.29, 0.717) is 6.42 Å². The first-order chi connectivity index (χ1) is 12.1. The number of hydrogen-bond donors (Lipinski definition) is 1. The third-order valence-corrected chi connectivity index (χ3v) is 5.55. The Labute approximate surface area is 149 Å². The summed E-state index contributed by atoms with van der Waals surface area (Å²) in [7, 11) is 3.88. The van der Waals surface area contributed by atoms with Gasteiger partial charge in [0, 0.05) is 45.5 Å². The van der Waals surface area contributed by atoms with Crippen molar-refractivity contribution in [1.82, 2.24) is 19.8 Å². The molecule has 0 bridgehead atoms. The van der Waals surface area contributed by atoms with Crippen LogP contribution in [0.5, 0.6) is 0 Å². The van der Waals surface area contributed by atoms with Crippen molar-refractivity contribution >= 4 is 5.91 Å². The van der Waals surface area contributed by atoms with Gasteiger partial charge in [0.1, 0.15) is 11.9 Å². The molecule has 2 heterocycles. The molecular formula is C20H26N4O. The summed E-state index contributed by atoms with van der Waals surface area (Å²) in [6.45, 7) is 0.828. The van der Waals surface area contributed by atoms with Gasteiger partial charge in [0.05, 0.1) is 0 Å². The molecule has 25 heavy (non-hydrogen) atoms. The molecule has 2 fully saturated rings. The lowest BCUT2D eigenvalue weighted by molar-refractivity contribution is -0.136. The van der Waals surface area contributed by atoms with Crippen LogP contribution < -0.4 is 5.32 Å².